The predicted molar refractivity (Wildman–Crippen MR) is 210 cm³/mol. The summed E-state index contributed by atoms with van der Waals surface area (Å²) in [6, 6.07) is 19.5. The monoisotopic (exact) mass is 791 g/mol. The summed E-state index contributed by atoms with van der Waals surface area (Å²) in [4.78, 5) is 39.8. The van der Waals surface area contributed by atoms with Crippen molar-refractivity contribution in [1.29, 1.82) is 0 Å². The molecule has 3 aromatic rings. The summed E-state index contributed by atoms with van der Waals surface area (Å²) in [5, 5.41) is 21.3. The van der Waals surface area contributed by atoms with Crippen molar-refractivity contribution in [1.82, 2.24) is 15.1 Å². The van der Waals surface area contributed by atoms with Crippen LogP contribution in [0.25, 0.3) is 17.2 Å². The highest BCUT2D eigenvalue weighted by atomic mass is 19.4. The first kappa shape index (κ1) is 43.1. The van der Waals surface area contributed by atoms with Crippen LogP contribution in [0.1, 0.15) is 80.0 Å². The first-order valence-corrected chi connectivity index (χ1v) is 19.6. The average Bonchev–Trinajstić information content (AvgIpc) is 3.74. The molecule has 0 radical (unpaired) electrons. The van der Waals surface area contributed by atoms with Crippen molar-refractivity contribution in [3.8, 4) is 11.1 Å². The zero-order valence-electron chi connectivity index (χ0n) is 32.3. The van der Waals surface area contributed by atoms with Gasteiger partial charge in [0.2, 0.25) is 0 Å². The Morgan fingerprint density at radius 3 is 2.26 bits per heavy atom. The molecule has 2 aliphatic heterocycles. The fourth-order valence-corrected chi connectivity index (χ4v) is 7.42. The van der Waals surface area contributed by atoms with Crippen LogP contribution in [0.2, 0.25) is 0 Å². The number of ether oxygens (including phenoxy) is 1. The number of aliphatic carboxylic acids is 1. The first-order chi connectivity index (χ1) is 27.3. The second-order valence-electron chi connectivity index (χ2n) is 14.7. The Bertz CT molecular complexity index is 1880. The molecule has 0 spiro atoms. The standard InChI is InChI=1S/C42H51N3O5.C2HF3O2/c1-2-50-42(48)22-16-38(17-23-42)45(40(46)15-14-39-13-6-28-49-39)31-34-9-4-10-35(29-34)36-11-5-12-37(30-36)41(47)44-26-20-33(21-27-44)8-3-7-32-18-24-43-25-19-32;3-2(4,5)1(6)7/h4-6,9-17,22,28-30,32-33,43,48H,2-3,7-8,18-21,23-27,31H2,1H3;(H,6,7). The fraction of sp³-hybridized carbons (Fsp3) is 0.432. The van der Waals surface area contributed by atoms with Gasteiger partial charge in [-0.3, -0.25) is 9.59 Å². The Morgan fingerprint density at radius 2 is 1.65 bits per heavy atom. The normalized spacial score (nSPS) is 19.2. The number of piperidine rings is 2. The highest BCUT2D eigenvalue weighted by Crippen LogP contribution is 2.30. The van der Waals surface area contributed by atoms with Crippen LogP contribution in [0.4, 0.5) is 13.2 Å². The molecule has 1 aromatic heterocycles. The summed E-state index contributed by atoms with van der Waals surface area (Å²) < 4.78 is 42.6. The molecule has 2 aromatic carbocycles. The van der Waals surface area contributed by atoms with Gasteiger partial charge in [-0.15, -0.1) is 0 Å². The molecule has 2 saturated heterocycles. The third kappa shape index (κ3) is 13.0. The van der Waals surface area contributed by atoms with Crippen molar-refractivity contribution in [2.45, 2.75) is 76.8 Å². The van der Waals surface area contributed by atoms with Gasteiger partial charge in [0.1, 0.15) is 5.76 Å². The number of hydrogen-bond donors (Lipinski definition) is 3. The largest absolute Gasteiger partial charge is 0.490 e. The molecule has 0 bridgehead atoms. The number of nitrogens with one attached hydrogen (secondary N) is 1. The van der Waals surface area contributed by atoms with Crippen LogP contribution < -0.4 is 5.32 Å². The van der Waals surface area contributed by atoms with E-state index in [1.54, 1.807) is 41.5 Å². The average molecular weight is 792 g/mol. The van der Waals surface area contributed by atoms with E-state index in [1.165, 1.54) is 51.3 Å². The number of amides is 2. The summed E-state index contributed by atoms with van der Waals surface area (Å²) in [6.07, 6.45) is 13.8. The number of carbonyl (C=O) groups is 3. The molecular weight excluding hydrogens is 739 g/mol. The van der Waals surface area contributed by atoms with Gasteiger partial charge < -0.3 is 34.5 Å². The van der Waals surface area contributed by atoms with Crippen LogP contribution in [-0.2, 0) is 20.9 Å². The van der Waals surface area contributed by atoms with E-state index in [-0.39, 0.29) is 18.2 Å². The van der Waals surface area contributed by atoms with E-state index < -0.39 is 17.9 Å². The predicted octanol–water partition coefficient (Wildman–Crippen LogP) is 8.21. The van der Waals surface area contributed by atoms with E-state index in [0.717, 1.165) is 54.5 Å². The smallest absolute Gasteiger partial charge is 0.475 e. The number of likely N-dealkylation sites (tertiary alicyclic amines) is 1. The van der Waals surface area contributed by atoms with Gasteiger partial charge in [-0.2, -0.15) is 13.2 Å². The number of carboxylic acids is 1. The maximum absolute atomic E-state index is 13.6. The van der Waals surface area contributed by atoms with Crippen LogP contribution >= 0.6 is 0 Å². The number of furan rings is 1. The molecule has 13 heteroatoms. The number of aliphatic hydroxyl groups is 1. The SMILES string of the molecule is CCOC1(O)C=CC(N(Cc2cccc(-c3cccc(C(=O)N4CCC(CCCC5CCNCC5)CC4)c3)c2)C(=O)C=Cc2ccco2)=CC1.O=C(O)C(F)(F)F. The molecule has 3 heterocycles. The number of alkyl halides is 3. The molecule has 1 atom stereocenters. The molecular formula is C44H52F3N3O7. The Morgan fingerprint density at radius 1 is 0.982 bits per heavy atom. The minimum Gasteiger partial charge on any atom is -0.475 e. The van der Waals surface area contributed by atoms with Gasteiger partial charge in [0, 0.05) is 43.5 Å². The van der Waals surface area contributed by atoms with Crippen LogP contribution in [0.15, 0.2) is 101 Å². The maximum Gasteiger partial charge on any atom is 0.490 e. The number of allylic oxidation sites excluding steroid dienone is 1. The van der Waals surface area contributed by atoms with Gasteiger partial charge in [-0.05, 0) is 123 Å². The molecule has 1 aliphatic carbocycles. The molecule has 3 aliphatic rings. The van der Waals surface area contributed by atoms with Crippen molar-refractivity contribution in [2.24, 2.45) is 11.8 Å². The Balaban J connectivity index is 0.000000811. The molecule has 2 fully saturated rings. The van der Waals surface area contributed by atoms with Crippen LogP contribution in [0.3, 0.4) is 0 Å². The number of halogens is 3. The second-order valence-corrected chi connectivity index (χ2v) is 14.7. The van der Waals surface area contributed by atoms with Crippen molar-refractivity contribution >= 4 is 23.9 Å². The third-order valence-corrected chi connectivity index (χ3v) is 10.6. The number of benzene rings is 2. The van der Waals surface area contributed by atoms with Gasteiger partial charge in [-0.25, -0.2) is 4.79 Å². The number of carbonyl (C=O) groups excluding carboxylic acids is 2. The van der Waals surface area contributed by atoms with Crippen molar-refractivity contribution < 1.29 is 46.9 Å². The number of nitrogens with zero attached hydrogens (tertiary/aromatic N) is 2. The lowest BCUT2D eigenvalue weighted by Gasteiger charge is -2.32. The molecule has 0 saturated carbocycles. The van der Waals surface area contributed by atoms with E-state index in [1.807, 2.05) is 60.4 Å². The van der Waals surface area contributed by atoms with Gasteiger partial charge in [0.05, 0.1) is 12.8 Å². The summed E-state index contributed by atoms with van der Waals surface area (Å²) in [6.45, 7) is 6.49. The molecule has 1 unspecified atom stereocenters. The first-order valence-electron chi connectivity index (χ1n) is 19.6. The maximum atomic E-state index is 13.6. The van der Waals surface area contributed by atoms with E-state index >= 15 is 0 Å². The van der Waals surface area contributed by atoms with Crippen molar-refractivity contribution in [3.05, 3.63) is 114 Å². The number of hydrogen-bond acceptors (Lipinski definition) is 7. The molecule has 6 rings (SSSR count). The lowest BCUT2D eigenvalue weighted by molar-refractivity contribution is -0.192. The van der Waals surface area contributed by atoms with Gasteiger partial charge >= 0.3 is 12.1 Å². The fourth-order valence-electron chi connectivity index (χ4n) is 7.42. The van der Waals surface area contributed by atoms with Crippen molar-refractivity contribution in [3.63, 3.8) is 0 Å². The molecule has 3 N–H and O–H groups in total. The zero-order chi connectivity index (χ0) is 40.8. The lowest BCUT2D eigenvalue weighted by Crippen LogP contribution is -2.38. The number of rotatable bonds is 13. The van der Waals surface area contributed by atoms with E-state index in [2.05, 4.69) is 11.4 Å². The Labute approximate surface area is 331 Å². The highest BCUT2D eigenvalue weighted by molar-refractivity contribution is 5.95. The molecule has 2 amide bonds. The summed E-state index contributed by atoms with van der Waals surface area (Å²) in [7, 11) is 0. The zero-order valence-corrected chi connectivity index (χ0v) is 32.3. The number of carboxylic acid groups (broad SMARTS) is 1. The topological polar surface area (TPSA) is 133 Å². The van der Waals surface area contributed by atoms with E-state index in [9.17, 15) is 27.9 Å². The van der Waals surface area contributed by atoms with E-state index in [4.69, 9.17) is 19.1 Å². The minimum atomic E-state index is -5.08. The Hall–Kier alpha value is -4.98. The molecule has 10 nitrogen and oxygen atoms in total. The van der Waals surface area contributed by atoms with Crippen molar-refractivity contribution in [2.75, 3.05) is 32.8 Å². The Kier molecular flexibility index (Phi) is 15.5. The molecule has 306 valence electrons. The van der Waals surface area contributed by atoms with Gasteiger partial charge in [0.25, 0.3) is 11.8 Å². The summed E-state index contributed by atoms with van der Waals surface area (Å²) >= 11 is 0. The molecule has 57 heavy (non-hydrogen) atoms. The van der Waals surface area contributed by atoms with Crippen LogP contribution in [-0.4, -0.2) is 82.5 Å². The summed E-state index contributed by atoms with van der Waals surface area (Å²) in [5.74, 6) is -2.08. The van der Waals surface area contributed by atoms with Crippen LogP contribution in [0.5, 0.6) is 0 Å². The quantitative estimate of drug-likeness (QED) is 0.117. The van der Waals surface area contributed by atoms with Gasteiger partial charge in [0.15, 0.2) is 5.79 Å². The highest BCUT2D eigenvalue weighted by Gasteiger charge is 2.38. The summed E-state index contributed by atoms with van der Waals surface area (Å²) in [5.41, 5.74) is 4.24. The minimum absolute atomic E-state index is 0.0966. The third-order valence-electron chi connectivity index (χ3n) is 10.6. The van der Waals surface area contributed by atoms with E-state index in [0.29, 0.717) is 30.2 Å². The lowest BCUT2D eigenvalue weighted by atomic mass is 9.87. The van der Waals surface area contributed by atoms with Gasteiger partial charge in [-0.1, -0.05) is 55.7 Å². The van der Waals surface area contributed by atoms with Crippen LogP contribution in [0, 0.1) is 11.8 Å². The second kappa shape index (κ2) is 20.4.